The van der Waals surface area contributed by atoms with Gasteiger partial charge in [0.25, 0.3) is 0 Å². The van der Waals surface area contributed by atoms with Crippen LogP contribution in [0.1, 0.15) is 18.5 Å². The number of rotatable bonds is 3. The Hall–Kier alpha value is -1.92. The number of aromatic hydroxyl groups is 1. The number of carbonyl (C=O) groups excluding carboxylic acids is 1. The quantitative estimate of drug-likeness (QED) is 0.891. The van der Waals surface area contributed by atoms with Crippen LogP contribution in [0, 0.1) is 0 Å². The second-order valence-electron chi connectivity index (χ2n) is 4.15. The molecule has 1 aromatic rings. The second kappa shape index (κ2) is 5.81. The van der Waals surface area contributed by atoms with E-state index in [1.165, 1.54) is 19.2 Å². The molecule has 1 atom stereocenters. The first kappa shape index (κ1) is 15.1. The number of alkyl halides is 3. The molecule has 2 N–H and O–H groups in total. The number of amides is 2. The monoisotopic (exact) mass is 276 g/mol. The van der Waals surface area contributed by atoms with Crippen LogP contribution in [-0.2, 0) is 0 Å². The Morgan fingerprint density at radius 3 is 2.37 bits per heavy atom. The number of nitrogens with one attached hydrogen (secondary N) is 1. The lowest BCUT2D eigenvalue weighted by Crippen LogP contribution is -2.42. The van der Waals surface area contributed by atoms with E-state index < -0.39 is 24.8 Å². The maximum atomic E-state index is 12.0. The number of urea groups is 1. The molecule has 106 valence electrons. The number of hydrogen-bond donors (Lipinski definition) is 2. The summed E-state index contributed by atoms with van der Waals surface area (Å²) in [7, 11) is 1.41. The van der Waals surface area contributed by atoms with E-state index in [9.17, 15) is 18.0 Å². The number of nitrogens with zero attached hydrogens (tertiary/aromatic N) is 1. The Morgan fingerprint density at radius 2 is 1.89 bits per heavy atom. The highest BCUT2D eigenvalue weighted by atomic mass is 19.4. The molecule has 0 spiro atoms. The maximum Gasteiger partial charge on any atom is 0.405 e. The predicted molar refractivity (Wildman–Crippen MR) is 63.7 cm³/mol. The Balaban J connectivity index is 2.63. The molecule has 0 bridgehead atoms. The zero-order chi connectivity index (χ0) is 14.6. The lowest BCUT2D eigenvalue weighted by atomic mass is 10.1. The molecule has 0 aliphatic carbocycles. The summed E-state index contributed by atoms with van der Waals surface area (Å²) in [5.41, 5.74) is 0.711. The summed E-state index contributed by atoms with van der Waals surface area (Å²) in [5, 5.41) is 10.9. The fourth-order valence-corrected chi connectivity index (χ4v) is 1.45. The molecule has 4 nitrogen and oxygen atoms in total. The van der Waals surface area contributed by atoms with Crippen LogP contribution in [-0.4, -0.2) is 35.8 Å². The summed E-state index contributed by atoms with van der Waals surface area (Å²) >= 11 is 0. The summed E-state index contributed by atoms with van der Waals surface area (Å²) in [6.07, 6.45) is -4.43. The fourth-order valence-electron chi connectivity index (χ4n) is 1.45. The number of halogens is 3. The van der Waals surface area contributed by atoms with Gasteiger partial charge in [-0.25, -0.2) is 4.79 Å². The van der Waals surface area contributed by atoms with Crippen molar-refractivity contribution < 1.29 is 23.1 Å². The van der Waals surface area contributed by atoms with Crippen molar-refractivity contribution in [2.75, 3.05) is 13.6 Å². The van der Waals surface area contributed by atoms with E-state index in [0.29, 0.717) is 5.56 Å². The normalized spacial score (nSPS) is 12.9. The molecule has 0 heterocycles. The lowest BCUT2D eigenvalue weighted by molar-refractivity contribution is -0.123. The first-order valence-corrected chi connectivity index (χ1v) is 5.57. The van der Waals surface area contributed by atoms with Crippen LogP contribution >= 0.6 is 0 Å². The molecule has 0 fully saturated rings. The number of benzene rings is 1. The molecule has 1 aromatic carbocycles. The largest absolute Gasteiger partial charge is 0.508 e. The van der Waals surface area contributed by atoms with Crippen molar-refractivity contribution in [2.45, 2.75) is 19.1 Å². The third-order valence-electron chi connectivity index (χ3n) is 2.72. The minimum atomic E-state index is -4.43. The molecule has 19 heavy (non-hydrogen) atoms. The SMILES string of the molecule is CC(c1ccc(O)cc1)N(C)C(=O)NCC(F)(F)F. The average Bonchev–Trinajstić information content (AvgIpc) is 2.34. The number of phenols is 1. The van der Waals surface area contributed by atoms with Crippen molar-refractivity contribution in [3.05, 3.63) is 29.8 Å². The van der Waals surface area contributed by atoms with Gasteiger partial charge in [0.1, 0.15) is 12.3 Å². The summed E-state index contributed by atoms with van der Waals surface area (Å²) < 4.78 is 36.0. The van der Waals surface area contributed by atoms with Gasteiger partial charge in [0, 0.05) is 7.05 Å². The van der Waals surface area contributed by atoms with Gasteiger partial charge in [0.05, 0.1) is 6.04 Å². The van der Waals surface area contributed by atoms with E-state index in [-0.39, 0.29) is 5.75 Å². The smallest absolute Gasteiger partial charge is 0.405 e. The van der Waals surface area contributed by atoms with Crippen molar-refractivity contribution in [3.63, 3.8) is 0 Å². The molecule has 1 rings (SSSR count). The summed E-state index contributed by atoms with van der Waals surface area (Å²) in [5.74, 6) is 0.0835. The summed E-state index contributed by atoms with van der Waals surface area (Å²) in [6, 6.07) is 4.90. The van der Waals surface area contributed by atoms with Crippen LogP contribution in [0.5, 0.6) is 5.75 Å². The molecule has 0 aliphatic rings. The molecule has 2 amide bonds. The number of carbonyl (C=O) groups is 1. The van der Waals surface area contributed by atoms with Crippen molar-refractivity contribution in [3.8, 4) is 5.75 Å². The van der Waals surface area contributed by atoms with Gasteiger partial charge in [-0.1, -0.05) is 12.1 Å². The zero-order valence-corrected chi connectivity index (χ0v) is 10.5. The Morgan fingerprint density at radius 1 is 1.37 bits per heavy atom. The Kier molecular flexibility index (Phi) is 4.63. The first-order chi connectivity index (χ1) is 8.70. The second-order valence-corrected chi connectivity index (χ2v) is 4.15. The Labute approximate surface area is 108 Å². The molecule has 0 saturated heterocycles. The summed E-state index contributed by atoms with van der Waals surface area (Å²) in [6.45, 7) is 0.317. The van der Waals surface area contributed by atoms with Gasteiger partial charge >= 0.3 is 12.2 Å². The highest BCUT2D eigenvalue weighted by Crippen LogP contribution is 2.21. The van der Waals surface area contributed by atoms with E-state index in [2.05, 4.69) is 0 Å². The van der Waals surface area contributed by atoms with Gasteiger partial charge in [-0.2, -0.15) is 13.2 Å². The van der Waals surface area contributed by atoms with Crippen LogP contribution in [0.3, 0.4) is 0 Å². The number of hydrogen-bond acceptors (Lipinski definition) is 2. The molecule has 0 radical (unpaired) electrons. The molecule has 0 aliphatic heterocycles. The third-order valence-corrected chi connectivity index (χ3v) is 2.72. The highest BCUT2D eigenvalue weighted by molar-refractivity contribution is 5.74. The Bertz CT molecular complexity index is 432. The van der Waals surface area contributed by atoms with Crippen molar-refractivity contribution in [1.29, 1.82) is 0 Å². The average molecular weight is 276 g/mol. The van der Waals surface area contributed by atoms with Crippen molar-refractivity contribution in [2.24, 2.45) is 0 Å². The minimum absolute atomic E-state index is 0.0835. The van der Waals surface area contributed by atoms with Crippen molar-refractivity contribution >= 4 is 6.03 Å². The van der Waals surface area contributed by atoms with Crippen LogP contribution in [0.25, 0.3) is 0 Å². The number of phenolic OH excluding ortho intramolecular Hbond substituents is 1. The topological polar surface area (TPSA) is 52.6 Å². The van der Waals surface area contributed by atoms with Gasteiger partial charge in [0.15, 0.2) is 0 Å². The van der Waals surface area contributed by atoms with E-state index >= 15 is 0 Å². The van der Waals surface area contributed by atoms with E-state index in [1.807, 2.05) is 0 Å². The molecular weight excluding hydrogens is 261 g/mol. The van der Waals surface area contributed by atoms with Gasteiger partial charge in [-0.3, -0.25) is 0 Å². The van der Waals surface area contributed by atoms with Gasteiger partial charge in [-0.05, 0) is 24.6 Å². The van der Waals surface area contributed by atoms with Gasteiger partial charge < -0.3 is 15.3 Å². The maximum absolute atomic E-state index is 12.0. The highest BCUT2D eigenvalue weighted by Gasteiger charge is 2.29. The molecular formula is C12H15F3N2O2. The minimum Gasteiger partial charge on any atom is -0.508 e. The standard InChI is InChI=1S/C12H15F3N2O2/c1-8(9-3-5-10(18)6-4-9)17(2)11(19)16-7-12(13,14)15/h3-6,8,18H,7H2,1-2H3,(H,16,19). The van der Waals surface area contributed by atoms with Crippen LogP contribution < -0.4 is 5.32 Å². The third kappa shape index (κ3) is 4.69. The van der Waals surface area contributed by atoms with E-state index in [0.717, 1.165) is 4.90 Å². The van der Waals surface area contributed by atoms with Crippen molar-refractivity contribution in [1.82, 2.24) is 10.2 Å². The van der Waals surface area contributed by atoms with E-state index in [4.69, 9.17) is 5.11 Å². The molecule has 0 aromatic heterocycles. The van der Waals surface area contributed by atoms with Crippen LogP contribution in [0.2, 0.25) is 0 Å². The molecule has 1 unspecified atom stereocenters. The first-order valence-electron chi connectivity index (χ1n) is 5.57. The summed E-state index contributed by atoms with van der Waals surface area (Å²) in [4.78, 5) is 12.7. The lowest BCUT2D eigenvalue weighted by Gasteiger charge is -2.25. The zero-order valence-electron chi connectivity index (χ0n) is 10.5. The van der Waals surface area contributed by atoms with Gasteiger partial charge in [0.2, 0.25) is 0 Å². The molecule has 7 heteroatoms. The predicted octanol–water partition coefficient (Wildman–Crippen LogP) is 2.66. The van der Waals surface area contributed by atoms with Crippen LogP contribution in [0.4, 0.5) is 18.0 Å². The molecule has 0 saturated carbocycles. The fraction of sp³-hybridized carbons (Fsp3) is 0.417. The van der Waals surface area contributed by atoms with Crippen LogP contribution in [0.15, 0.2) is 24.3 Å². The van der Waals surface area contributed by atoms with Gasteiger partial charge in [-0.15, -0.1) is 0 Å². The van der Waals surface area contributed by atoms with E-state index in [1.54, 1.807) is 24.4 Å².